The van der Waals surface area contributed by atoms with Gasteiger partial charge in [0.15, 0.2) is 5.69 Å². The summed E-state index contributed by atoms with van der Waals surface area (Å²) in [7, 11) is 0. The van der Waals surface area contributed by atoms with Crippen LogP contribution in [0.15, 0.2) is 48.7 Å². The second-order valence-electron chi connectivity index (χ2n) is 8.94. The molecule has 3 rings (SSSR count). The molecule has 2 atom stereocenters. The minimum absolute atomic E-state index is 0. The molecule has 4 N–H and O–H groups in total. The number of aromatic nitrogens is 3. The van der Waals surface area contributed by atoms with Crippen LogP contribution in [0.3, 0.4) is 0 Å². The van der Waals surface area contributed by atoms with E-state index in [2.05, 4.69) is 15.4 Å². The summed E-state index contributed by atoms with van der Waals surface area (Å²) >= 11 is 0. The van der Waals surface area contributed by atoms with E-state index in [1.165, 1.54) is 12.1 Å². The molecule has 0 fully saturated rings. The number of nitrogens with one attached hydrogen (secondary N) is 1. The number of benzene rings is 1. The number of amides is 1. The Bertz CT molecular complexity index is 1170. The maximum absolute atomic E-state index is 13.6. The molecule has 0 saturated carbocycles. The van der Waals surface area contributed by atoms with Crippen LogP contribution in [-0.2, 0) is 17.8 Å². The quantitative estimate of drug-likeness (QED) is 0.269. The normalized spacial score (nSPS) is 12.6. The monoisotopic (exact) mass is 521 g/mol. The molecule has 2 heterocycles. The second-order valence-corrected chi connectivity index (χ2v) is 8.94. The SMILES string of the molecule is CC(C)c1c(C(=O)NCc2ccccn2)nn(-c2ccc(F)cc2)c1CC[C@@H](O)C[C@@H](O)CC(=O)O.[Na]. The Morgan fingerprint density at radius 3 is 2.38 bits per heavy atom. The molecule has 0 aliphatic heterocycles. The van der Waals surface area contributed by atoms with Crippen LogP contribution in [0.25, 0.3) is 5.69 Å². The van der Waals surface area contributed by atoms with Crippen LogP contribution in [0, 0.1) is 5.82 Å². The molecule has 11 heteroatoms. The number of aliphatic hydroxyl groups is 2. The van der Waals surface area contributed by atoms with E-state index >= 15 is 0 Å². The van der Waals surface area contributed by atoms with Crippen LogP contribution in [-0.4, -0.2) is 83.7 Å². The number of nitrogens with zero attached hydrogens (tertiary/aromatic N) is 3. The zero-order chi connectivity index (χ0) is 26.2. The number of carboxylic acids is 1. The van der Waals surface area contributed by atoms with Gasteiger partial charge in [0.25, 0.3) is 5.91 Å². The van der Waals surface area contributed by atoms with Crippen molar-refractivity contribution in [2.45, 2.75) is 64.2 Å². The number of rotatable bonds is 12. The molecular weight excluding hydrogens is 490 g/mol. The topological polar surface area (TPSA) is 138 Å². The van der Waals surface area contributed by atoms with Gasteiger partial charge in [-0.2, -0.15) is 5.10 Å². The standard InChI is InChI=1S/C26H31FN4O5.Na/c1-16(2)24-22(11-10-20(32)13-21(33)14-23(34)35)31(19-8-6-17(27)7-9-19)30-25(24)26(36)29-15-18-5-3-4-12-28-18;/h3-9,12,16,20-21,32-33H,10-11,13-15H2,1-2H3,(H,29,36)(H,34,35);/t20-,21-;/m1./s1. The molecule has 1 amide bonds. The molecule has 2 aromatic heterocycles. The summed E-state index contributed by atoms with van der Waals surface area (Å²) < 4.78 is 15.1. The molecule has 0 unspecified atom stereocenters. The van der Waals surface area contributed by atoms with Crippen molar-refractivity contribution in [3.05, 3.63) is 77.1 Å². The van der Waals surface area contributed by atoms with Crippen molar-refractivity contribution >= 4 is 41.4 Å². The molecule has 3 aromatic rings. The van der Waals surface area contributed by atoms with Crippen molar-refractivity contribution in [2.75, 3.05) is 0 Å². The van der Waals surface area contributed by atoms with Crippen molar-refractivity contribution in [3.8, 4) is 5.69 Å². The Morgan fingerprint density at radius 2 is 1.78 bits per heavy atom. The molecule has 37 heavy (non-hydrogen) atoms. The van der Waals surface area contributed by atoms with Gasteiger partial charge >= 0.3 is 5.97 Å². The molecule has 0 spiro atoms. The van der Waals surface area contributed by atoms with E-state index in [0.29, 0.717) is 29.1 Å². The first-order valence-electron chi connectivity index (χ1n) is 11.8. The van der Waals surface area contributed by atoms with Gasteiger partial charge in [0, 0.05) is 47.0 Å². The fourth-order valence-electron chi connectivity index (χ4n) is 4.05. The smallest absolute Gasteiger partial charge is 0.305 e. The maximum atomic E-state index is 13.6. The van der Waals surface area contributed by atoms with Crippen LogP contribution in [0.4, 0.5) is 4.39 Å². The van der Waals surface area contributed by atoms with Crippen LogP contribution in [0.1, 0.15) is 66.5 Å². The maximum Gasteiger partial charge on any atom is 0.305 e. The van der Waals surface area contributed by atoms with Crippen LogP contribution in [0.2, 0.25) is 0 Å². The number of hydrogen-bond donors (Lipinski definition) is 4. The Labute approximate surface area is 237 Å². The van der Waals surface area contributed by atoms with Gasteiger partial charge in [-0.3, -0.25) is 14.6 Å². The van der Waals surface area contributed by atoms with Crippen molar-refractivity contribution in [1.82, 2.24) is 20.1 Å². The van der Waals surface area contributed by atoms with Crippen LogP contribution in [0.5, 0.6) is 0 Å². The fraction of sp³-hybridized carbons (Fsp3) is 0.385. The van der Waals surface area contributed by atoms with E-state index in [1.807, 2.05) is 19.9 Å². The van der Waals surface area contributed by atoms with E-state index in [9.17, 15) is 24.2 Å². The first-order valence-corrected chi connectivity index (χ1v) is 11.8. The molecule has 193 valence electrons. The number of pyridine rings is 1. The van der Waals surface area contributed by atoms with Crippen LogP contribution >= 0.6 is 0 Å². The molecule has 0 saturated heterocycles. The molecule has 1 aromatic carbocycles. The second kappa shape index (κ2) is 14.3. The molecule has 0 aliphatic carbocycles. The number of halogens is 1. The van der Waals surface area contributed by atoms with Crippen LogP contribution < -0.4 is 5.32 Å². The number of carboxylic acid groups (broad SMARTS) is 1. The van der Waals surface area contributed by atoms with E-state index in [1.54, 1.807) is 35.1 Å². The van der Waals surface area contributed by atoms with Gasteiger partial charge in [0.1, 0.15) is 5.82 Å². The molecular formula is C26H31FN4NaO5. The minimum Gasteiger partial charge on any atom is -0.481 e. The molecule has 0 aliphatic rings. The largest absolute Gasteiger partial charge is 0.481 e. The fourth-order valence-corrected chi connectivity index (χ4v) is 4.05. The summed E-state index contributed by atoms with van der Waals surface area (Å²) in [5.41, 5.74) is 2.83. The Kier molecular flexibility index (Phi) is 11.9. The Hall–Kier alpha value is -2.63. The number of carbonyl (C=O) groups is 2. The minimum atomic E-state index is -1.17. The van der Waals surface area contributed by atoms with Crippen molar-refractivity contribution < 1.29 is 29.3 Å². The first kappa shape index (κ1) is 30.6. The molecule has 9 nitrogen and oxygen atoms in total. The summed E-state index contributed by atoms with van der Waals surface area (Å²) in [6, 6.07) is 11.1. The summed E-state index contributed by atoms with van der Waals surface area (Å²) in [4.78, 5) is 28.2. The van der Waals surface area contributed by atoms with Gasteiger partial charge in [-0.25, -0.2) is 9.07 Å². The predicted molar refractivity (Wildman–Crippen MR) is 136 cm³/mol. The summed E-state index contributed by atoms with van der Waals surface area (Å²) in [5.74, 6) is -2.04. The number of hydrogen-bond acceptors (Lipinski definition) is 6. The number of aliphatic carboxylic acids is 1. The van der Waals surface area contributed by atoms with E-state index < -0.39 is 30.4 Å². The third-order valence-electron chi connectivity index (χ3n) is 5.71. The average Bonchev–Trinajstić information content (AvgIpc) is 3.21. The molecule has 0 bridgehead atoms. The third kappa shape index (κ3) is 8.72. The Morgan fingerprint density at radius 1 is 1.08 bits per heavy atom. The number of carbonyl (C=O) groups excluding carboxylic acids is 1. The van der Waals surface area contributed by atoms with Gasteiger partial charge in [0.2, 0.25) is 0 Å². The molecule has 1 radical (unpaired) electrons. The van der Waals surface area contributed by atoms with Crippen molar-refractivity contribution in [1.29, 1.82) is 0 Å². The predicted octanol–water partition coefficient (Wildman–Crippen LogP) is 2.60. The zero-order valence-electron chi connectivity index (χ0n) is 21.3. The zero-order valence-corrected chi connectivity index (χ0v) is 23.3. The number of aliphatic hydroxyl groups excluding tert-OH is 2. The Balaban J connectivity index is 0.00000481. The van der Waals surface area contributed by atoms with Crippen molar-refractivity contribution in [3.63, 3.8) is 0 Å². The van der Waals surface area contributed by atoms with Crippen molar-refractivity contribution in [2.24, 2.45) is 0 Å². The average molecular weight is 522 g/mol. The van der Waals surface area contributed by atoms with Gasteiger partial charge in [-0.1, -0.05) is 19.9 Å². The van der Waals surface area contributed by atoms with Gasteiger partial charge in [0.05, 0.1) is 36.6 Å². The van der Waals surface area contributed by atoms with Gasteiger partial charge < -0.3 is 20.6 Å². The first-order chi connectivity index (χ1) is 17.2. The summed E-state index contributed by atoms with van der Waals surface area (Å²) in [5, 5.41) is 36.5. The van der Waals surface area contributed by atoms with Gasteiger partial charge in [-0.05, 0) is 61.6 Å². The van der Waals surface area contributed by atoms with E-state index in [0.717, 1.165) is 0 Å². The van der Waals surface area contributed by atoms with E-state index in [4.69, 9.17) is 5.11 Å². The van der Waals surface area contributed by atoms with Gasteiger partial charge in [-0.15, -0.1) is 0 Å². The third-order valence-corrected chi connectivity index (χ3v) is 5.71. The summed E-state index contributed by atoms with van der Waals surface area (Å²) in [6.45, 7) is 4.08. The summed E-state index contributed by atoms with van der Waals surface area (Å²) in [6.07, 6.45) is -0.533. The van der Waals surface area contributed by atoms with E-state index in [-0.39, 0.29) is 66.5 Å².